The van der Waals surface area contributed by atoms with Crippen LogP contribution in [-0.4, -0.2) is 11.2 Å². The molecule has 1 heteroatoms. The fourth-order valence-corrected chi connectivity index (χ4v) is 3.36. The van der Waals surface area contributed by atoms with Gasteiger partial charge in [-0.1, -0.05) is 32.1 Å². The summed E-state index contributed by atoms with van der Waals surface area (Å²) in [4.78, 5) is 0. The molecule has 0 aromatic heterocycles. The van der Waals surface area contributed by atoms with Gasteiger partial charge in [-0.3, -0.25) is 0 Å². The van der Waals surface area contributed by atoms with Crippen LogP contribution < -0.4 is 0 Å². The average Bonchev–Trinajstić information content (AvgIpc) is 2.75. The molecule has 0 spiro atoms. The molecule has 2 aliphatic carbocycles. The lowest BCUT2D eigenvalue weighted by Crippen LogP contribution is -2.16. The Kier molecular flexibility index (Phi) is 3.00. The topological polar surface area (TPSA) is 20.2 Å². The third-order valence-corrected chi connectivity index (χ3v) is 4.71. The minimum absolute atomic E-state index is 0.271. The van der Waals surface area contributed by atoms with E-state index in [1.807, 2.05) is 0 Å². The molecule has 0 heterocycles. The van der Waals surface area contributed by atoms with Crippen LogP contribution in [0, 0.1) is 17.3 Å². The molecule has 0 bridgehead atoms. The normalized spacial score (nSPS) is 41.9. The van der Waals surface area contributed by atoms with Crippen LogP contribution in [0.25, 0.3) is 0 Å². The molecule has 16 heavy (non-hydrogen) atoms. The van der Waals surface area contributed by atoms with Crippen LogP contribution in [0.15, 0.2) is 23.8 Å². The lowest BCUT2D eigenvalue weighted by Gasteiger charge is -2.15. The standard InChI is InChI=1S/C15H24O/c1-10-6-5-7-11(2)14(16)13-12(9-8-10)15(13,3)4/h6,12-14,16H,2,5,7-9H2,1,3-4H3/b10-6+/t12-,13+,14?/m1/s1. The zero-order chi connectivity index (χ0) is 11.9. The van der Waals surface area contributed by atoms with E-state index >= 15 is 0 Å². The van der Waals surface area contributed by atoms with Gasteiger partial charge in [0.1, 0.15) is 0 Å². The molecule has 0 radical (unpaired) electrons. The molecule has 0 saturated heterocycles. The van der Waals surface area contributed by atoms with Crippen LogP contribution in [0.5, 0.6) is 0 Å². The van der Waals surface area contributed by atoms with Crippen LogP contribution in [-0.2, 0) is 0 Å². The monoisotopic (exact) mass is 220 g/mol. The number of fused-ring (bicyclic) bond motifs is 1. The summed E-state index contributed by atoms with van der Waals surface area (Å²) in [6, 6.07) is 0. The van der Waals surface area contributed by atoms with Crippen LogP contribution in [0.4, 0.5) is 0 Å². The van der Waals surface area contributed by atoms with Gasteiger partial charge >= 0.3 is 0 Å². The van der Waals surface area contributed by atoms with Crippen LogP contribution in [0.2, 0.25) is 0 Å². The van der Waals surface area contributed by atoms with Gasteiger partial charge in [0.15, 0.2) is 0 Å². The van der Waals surface area contributed by atoms with Gasteiger partial charge in [-0.05, 0) is 55.4 Å². The first kappa shape index (κ1) is 11.9. The van der Waals surface area contributed by atoms with Crippen molar-refractivity contribution in [2.75, 3.05) is 0 Å². The summed E-state index contributed by atoms with van der Waals surface area (Å²) in [6.07, 6.45) is 6.45. The maximum atomic E-state index is 10.3. The summed E-state index contributed by atoms with van der Waals surface area (Å²) in [6.45, 7) is 10.9. The highest BCUT2D eigenvalue weighted by atomic mass is 16.3. The number of aliphatic hydroxyl groups is 1. The van der Waals surface area contributed by atoms with Crippen molar-refractivity contribution in [3.8, 4) is 0 Å². The quantitative estimate of drug-likeness (QED) is 0.617. The molecule has 1 saturated carbocycles. The van der Waals surface area contributed by atoms with Gasteiger partial charge < -0.3 is 5.11 Å². The van der Waals surface area contributed by atoms with E-state index in [1.165, 1.54) is 18.4 Å². The fraction of sp³-hybridized carbons (Fsp3) is 0.733. The van der Waals surface area contributed by atoms with Crippen LogP contribution in [0.1, 0.15) is 46.5 Å². The van der Waals surface area contributed by atoms with E-state index in [2.05, 4.69) is 33.4 Å². The van der Waals surface area contributed by atoms with Gasteiger partial charge in [0.25, 0.3) is 0 Å². The molecule has 0 aromatic carbocycles. The van der Waals surface area contributed by atoms with Crippen LogP contribution >= 0.6 is 0 Å². The van der Waals surface area contributed by atoms with Gasteiger partial charge in [-0.15, -0.1) is 0 Å². The van der Waals surface area contributed by atoms with Gasteiger partial charge in [0.05, 0.1) is 6.10 Å². The summed E-state index contributed by atoms with van der Waals surface area (Å²) in [5, 5.41) is 10.3. The molecule has 1 fully saturated rings. The SMILES string of the molecule is C=C1CC/C=C(\C)CC[C@@H]2[C@@H](C1O)C2(C)C. The van der Waals surface area contributed by atoms with Gasteiger partial charge in [-0.2, -0.15) is 0 Å². The highest BCUT2D eigenvalue weighted by Gasteiger charge is 2.60. The van der Waals surface area contributed by atoms with Crippen molar-refractivity contribution in [3.63, 3.8) is 0 Å². The third kappa shape index (κ3) is 1.98. The maximum absolute atomic E-state index is 10.3. The Morgan fingerprint density at radius 1 is 1.38 bits per heavy atom. The largest absolute Gasteiger partial charge is 0.388 e. The molecule has 1 nitrogen and oxygen atoms in total. The zero-order valence-corrected chi connectivity index (χ0v) is 10.8. The summed E-state index contributed by atoms with van der Waals surface area (Å²) in [7, 11) is 0. The van der Waals surface area contributed by atoms with Crippen LogP contribution in [0.3, 0.4) is 0 Å². The van der Waals surface area contributed by atoms with E-state index in [1.54, 1.807) is 0 Å². The second kappa shape index (κ2) is 4.03. The minimum atomic E-state index is -0.271. The van der Waals surface area contributed by atoms with Gasteiger partial charge in [-0.25, -0.2) is 0 Å². The third-order valence-electron chi connectivity index (χ3n) is 4.71. The van der Waals surface area contributed by atoms with Crippen molar-refractivity contribution >= 4 is 0 Å². The molecule has 0 amide bonds. The summed E-state index contributed by atoms with van der Waals surface area (Å²) >= 11 is 0. The molecule has 2 rings (SSSR count). The summed E-state index contributed by atoms with van der Waals surface area (Å²) < 4.78 is 0. The van der Waals surface area contributed by atoms with Gasteiger partial charge in [0.2, 0.25) is 0 Å². The van der Waals surface area contributed by atoms with Crippen molar-refractivity contribution < 1.29 is 5.11 Å². The smallest absolute Gasteiger partial charge is 0.0783 e. The number of rotatable bonds is 0. The van der Waals surface area contributed by atoms with Crippen molar-refractivity contribution in [1.29, 1.82) is 0 Å². The second-order valence-corrected chi connectivity index (χ2v) is 6.18. The Hall–Kier alpha value is -0.560. The number of allylic oxidation sites excluding steroid dienone is 2. The fourth-order valence-electron chi connectivity index (χ4n) is 3.36. The van der Waals surface area contributed by atoms with E-state index < -0.39 is 0 Å². The highest BCUT2D eigenvalue weighted by Crippen LogP contribution is 2.63. The molecule has 90 valence electrons. The van der Waals surface area contributed by atoms with Crippen molar-refractivity contribution in [2.45, 2.75) is 52.6 Å². The lowest BCUT2D eigenvalue weighted by molar-refractivity contribution is 0.164. The molecule has 0 aromatic rings. The summed E-state index contributed by atoms with van der Waals surface area (Å²) in [5.74, 6) is 1.13. The molecule has 1 unspecified atom stereocenters. The molecule has 2 aliphatic rings. The first-order chi connectivity index (χ1) is 7.44. The van der Waals surface area contributed by atoms with Crippen molar-refractivity contribution in [2.24, 2.45) is 17.3 Å². The Morgan fingerprint density at radius 3 is 2.75 bits per heavy atom. The van der Waals surface area contributed by atoms with Crippen molar-refractivity contribution in [1.82, 2.24) is 0 Å². The Balaban J connectivity index is 2.15. The van der Waals surface area contributed by atoms with Crippen molar-refractivity contribution in [3.05, 3.63) is 23.8 Å². The molecule has 0 aliphatic heterocycles. The van der Waals surface area contributed by atoms with E-state index in [0.29, 0.717) is 17.3 Å². The van der Waals surface area contributed by atoms with Gasteiger partial charge in [0, 0.05) is 0 Å². The zero-order valence-electron chi connectivity index (χ0n) is 10.8. The molecule has 1 N–H and O–H groups in total. The van der Waals surface area contributed by atoms with E-state index in [9.17, 15) is 5.11 Å². The Morgan fingerprint density at radius 2 is 2.06 bits per heavy atom. The molecule has 3 atom stereocenters. The lowest BCUT2D eigenvalue weighted by atomic mass is 9.96. The maximum Gasteiger partial charge on any atom is 0.0783 e. The number of hydrogen-bond donors (Lipinski definition) is 1. The Bertz CT molecular complexity index is 324. The highest BCUT2D eigenvalue weighted by molar-refractivity contribution is 5.19. The second-order valence-electron chi connectivity index (χ2n) is 6.18. The Labute approximate surface area is 99.3 Å². The predicted octanol–water partition coefficient (Wildman–Crippen LogP) is 3.70. The van der Waals surface area contributed by atoms with E-state index in [-0.39, 0.29) is 6.10 Å². The first-order valence-electron chi connectivity index (χ1n) is 6.46. The molecular formula is C15H24O. The predicted molar refractivity (Wildman–Crippen MR) is 68.1 cm³/mol. The van der Waals surface area contributed by atoms with E-state index in [4.69, 9.17) is 0 Å². The number of hydrogen-bond acceptors (Lipinski definition) is 1. The van der Waals surface area contributed by atoms with E-state index in [0.717, 1.165) is 18.4 Å². The first-order valence-corrected chi connectivity index (χ1v) is 6.46. The summed E-state index contributed by atoms with van der Waals surface area (Å²) in [5.41, 5.74) is 2.85. The number of aliphatic hydroxyl groups excluding tert-OH is 1. The average molecular weight is 220 g/mol. The molecular weight excluding hydrogens is 196 g/mol. The minimum Gasteiger partial charge on any atom is -0.388 e.